The maximum atomic E-state index is 13.2. The predicted molar refractivity (Wildman–Crippen MR) is 98.4 cm³/mol. The Kier molecular flexibility index (Phi) is 5.63. The molecule has 2 saturated heterocycles. The van der Waals surface area contributed by atoms with Crippen molar-refractivity contribution in [3.63, 3.8) is 0 Å². The lowest BCUT2D eigenvalue weighted by molar-refractivity contribution is -0.146. The third-order valence-corrected chi connectivity index (χ3v) is 5.66. The fraction of sp³-hybridized carbons (Fsp3) is 0.600. The molecular formula is C20H28N2O4. The lowest BCUT2D eigenvalue weighted by atomic mass is 9.88. The van der Waals surface area contributed by atoms with Crippen molar-refractivity contribution in [1.82, 2.24) is 9.80 Å². The summed E-state index contributed by atoms with van der Waals surface area (Å²) < 4.78 is 5.41. The normalized spacial score (nSPS) is 22.2. The van der Waals surface area contributed by atoms with E-state index in [4.69, 9.17) is 9.84 Å². The second kappa shape index (κ2) is 7.76. The summed E-state index contributed by atoms with van der Waals surface area (Å²) >= 11 is 0. The highest BCUT2D eigenvalue weighted by Crippen LogP contribution is 2.29. The number of morpholine rings is 1. The third kappa shape index (κ3) is 3.91. The number of carbonyl (C=O) groups excluding carboxylic acids is 1. The minimum absolute atomic E-state index is 0.172. The molecule has 2 aliphatic rings. The van der Waals surface area contributed by atoms with Gasteiger partial charge in [-0.3, -0.25) is 9.69 Å². The monoisotopic (exact) mass is 360 g/mol. The fourth-order valence-corrected chi connectivity index (χ4v) is 3.98. The smallest absolute Gasteiger partial charge is 0.335 e. The van der Waals surface area contributed by atoms with E-state index in [0.717, 1.165) is 38.0 Å². The molecule has 0 aromatic heterocycles. The molecule has 6 heteroatoms. The van der Waals surface area contributed by atoms with Crippen molar-refractivity contribution < 1.29 is 19.4 Å². The van der Waals surface area contributed by atoms with Crippen molar-refractivity contribution in [2.24, 2.45) is 0 Å². The zero-order valence-corrected chi connectivity index (χ0v) is 15.6. The summed E-state index contributed by atoms with van der Waals surface area (Å²) in [7, 11) is 0. The highest BCUT2D eigenvalue weighted by atomic mass is 16.5. The number of carboxylic acids is 1. The Labute approximate surface area is 154 Å². The number of amides is 1. The van der Waals surface area contributed by atoms with Gasteiger partial charge >= 0.3 is 5.97 Å². The number of carboxylic acid groups (broad SMARTS) is 1. The standard InChI is InChI=1S/C20H28N2O4/c1-20(2,22-10-12-26-13-11-22)19(25)21-9-3-4-17(14-21)15-5-7-16(8-6-15)18(23)24/h5-8,17H,3-4,9-14H2,1-2H3,(H,23,24)/t17-/m1/s1. The molecule has 0 spiro atoms. The Balaban J connectivity index is 1.69. The molecule has 0 unspecified atom stereocenters. The van der Waals surface area contributed by atoms with Crippen LogP contribution in [0.5, 0.6) is 0 Å². The molecule has 1 amide bonds. The summed E-state index contributed by atoms with van der Waals surface area (Å²) in [6, 6.07) is 7.07. The van der Waals surface area contributed by atoms with Gasteiger partial charge in [-0.2, -0.15) is 0 Å². The Morgan fingerprint density at radius 3 is 2.38 bits per heavy atom. The Bertz CT molecular complexity index is 650. The van der Waals surface area contributed by atoms with Crippen molar-refractivity contribution in [3.8, 4) is 0 Å². The maximum absolute atomic E-state index is 13.2. The lowest BCUT2D eigenvalue weighted by Gasteiger charge is -2.44. The van der Waals surface area contributed by atoms with Crippen LogP contribution in [0.2, 0.25) is 0 Å². The topological polar surface area (TPSA) is 70.1 Å². The molecule has 142 valence electrons. The second-order valence-electron chi connectivity index (χ2n) is 7.68. The van der Waals surface area contributed by atoms with Gasteiger partial charge in [0.15, 0.2) is 0 Å². The average Bonchev–Trinajstić information content (AvgIpc) is 2.68. The van der Waals surface area contributed by atoms with Crippen LogP contribution in [0.25, 0.3) is 0 Å². The van der Waals surface area contributed by atoms with E-state index in [9.17, 15) is 9.59 Å². The molecule has 2 fully saturated rings. The Hall–Kier alpha value is -1.92. The number of ether oxygens (including phenoxy) is 1. The number of carbonyl (C=O) groups is 2. The lowest BCUT2D eigenvalue weighted by Crippen LogP contribution is -2.60. The van der Waals surface area contributed by atoms with Crippen molar-refractivity contribution >= 4 is 11.9 Å². The highest BCUT2D eigenvalue weighted by Gasteiger charge is 2.39. The first kappa shape index (κ1) is 18.9. The first-order valence-electron chi connectivity index (χ1n) is 9.35. The van der Waals surface area contributed by atoms with Crippen molar-refractivity contribution in [3.05, 3.63) is 35.4 Å². The summed E-state index contributed by atoms with van der Waals surface area (Å²) in [5.41, 5.74) is 0.876. The fourth-order valence-electron chi connectivity index (χ4n) is 3.98. The van der Waals surface area contributed by atoms with Gasteiger partial charge in [0.05, 0.1) is 24.3 Å². The number of hydrogen-bond donors (Lipinski definition) is 1. The number of rotatable bonds is 4. The minimum atomic E-state index is -0.913. The van der Waals surface area contributed by atoms with Crippen LogP contribution in [0.4, 0.5) is 0 Å². The molecule has 1 aromatic carbocycles. The van der Waals surface area contributed by atoms with Crippen LogP contribution in [-0.4, -0.2) is 71.7 Å². The number of hydrogen-bond acceptors (Lipinski definition) is 4. The molecule has 0 saturated carbocycles. The zero-order valence-electron chi connectivity index (χ0n) is 15.6. The molecule has 0 bridgehead atoms. The van der Waals surface area contributed by atoms with Gasteiger partial charge in [-0.05, 0) is 44.4 Å². The molecule has 3 rings (SSSR count). The quantitative estimate of drug-likeness (QED) is 0.891. The van der Waals surface area contributed by atoms with E-state index in [2.05, 4.69) is 4.90 Å². The van der Waals surface area contributed by atoms with E-state index in [0.29, 0.717) is 25.3 Å². The molecule has 1 N–H and O–H groups in total. The third-order valence-electron chi connectivity index (χ3n) is 5.66. The summed E-state index contributed by atoms with van der Waals surface area (Å²) in [6.45, 7) is 8.41. The van der Waals surface area contributed by atoms with E-state index < -0.39 is 11.5 Å². The minimum Gasteiger partial charge on any atom is -0.478 e. The summed E-state index contributed by atoms with van der Waals surface area (Å²) in [4.78, 5) is 28.4. The van der Waals surface area contributed by atoms with Crippen LogP contribution in [-0.2, 0) is 9.53 Å². The zero-order chi connectivity index (χ0) is 18.7. The number of benzene rings is 1. The first-order chi connectivity index (χ1) is 12.4. The molecule has 2 heterocycles. The molecular weight excluding hydrogens is 332 g/mol. The summed E-state index contributed by atoms with van der Waals surface area (Å²) in [5, 5.41) is 9.05. The number of nitrogens with zero attached hydrogens (tertiary/aromatic N) is 2. The highest BCUT2D eigenvalue weighted by molar-refractivity contribution is 5.87. The summed E-state index contributed by atoms with van der Waals surface area (Å²) in [6.07, 6.45) is 1.99. The van der Waals surface area contributed by atoms with Gasteiger partial charge in [-0.1, -0.05) is 12.1 Å². The molecule has 26 heavy (non-hydrogen) atoms. The van der Waals surface area contributed by atoms with Crippen LogP contribution in [0.3, 0.4) is 0 Å². The van der Waals surface area contributed by atoms with Gasteiger partial charge in [-0.15, -0.1) is 0 Å². The number of piperidine rings is 1. The molecule has 1 atom stereocenters. The Morgan fingerprint density at radius 2 is 1.77 bits per heavy atom. The maximum Gasteiger partial charge on any atom is 0.335 e. The largest absolute Gasteiger partial charge is 0.478 e. The SMILES string of the molecule is CC(C)(C(=O)N1CCC[C@@H](c2ccc(C(=O)O)cc2)C1)N1CCOCC1. The van der Waals surface area contributed by atoms with Crippen molar-refractivity contribution in [1.29, 1.82) is 0 Å². The molecule has 1 aromatic rings. The van der Waals surface area contributed by atoms with Crippen molar-refractivity contribution in [2.75, 3.05) is 39.4 Å². The predicted octanol–water partition coefficient (Wildman–Crippen LogP) is 2.20. The van der Waals surface area contributed by atoms with Crippen LogP contribution in [0.1, 0.15) is 48.5 Å². The van der Waals surface area contributed by atoms with Gasteiger partial charge in [0.2, 0.25) is 5.91 Å². The van der Waals surface area contributed by atoms with E-state index in [-0.39, 0.29) is 11.8 Å². The van der Waals surface area contributed by atoms with E-state index >= 15 is 0 Å². The van der Waals surface area contributed by atoms with Crippen molar-refractivity contribution in [2.45, 2.75) is 38.1 Å². The first-order valence-corrected chi connectivity index (χ1v) is 9.35. The molecule has 6 nitrogen and oxygen atoms in total. The van der Waals surface area contributed by atoms with Gasteiger partial charge in [0.1, 0.15) is 0 Å². The Morgan fingerprint density at radius 1 is 1.12 bits per heavy atom. The van der Waals surface area contributed by atoms with E-state index in [1.807, 2.05) is 30.9 Å². The molecule has 0 aliphatic carbocycles. The van der Waals surface area contributed by atoms with E-state index in [1.165, 1.54) is 0 Å². The van der Waals surface area contributed by atoms with Crippen LogP contribution < -0.4 is 0 Å². The van der Waals surface area contributed by atoms with Gasteiger partial charge < -0.3 is 14.7 Å². The molecule has 2 aliphatic heterocycles. The van der Waals surface area contributed by atoms with Crippen LogP contribution in [0.15, 0.2) is 24.3 Å². The average molecular weight is 360 g/mol. The summed E-state index contributed by atoms with van der Waals surface area (Å²) in [5.74, 6) is -0.480. The van der Waals surface area contributed by atoms with Gasteiger partial charge in [0, 0.05) is 32.1 Å². The number of likely N-dealkylation sites (tertiary alicyclic amines) is 1. The van der Waals surface area contributed by atoms with Gasteiger partial charge in [0.25, 0.3) is 0 Å². The van der Waals surface area contributed by atoms with Gasteiger partial charge in [-0.25, -0.2) is 4.79 Å². The van der Waals surface area contributed by atoms with Crippen LogP contribution >= 0.6 is 0 Å². The second-order valence-corrected chi connectivity index (χ2v) is 7.68. The van der Waals surface area contributed by atoms with Crippen LogP contribution in [0, 0.1) is 0 Å². The van der Waals surface area contributed by atoms with E-state index in [1.54, 1.807) is 12.1 Å². The molecule has 0 radical (unpaired) electrons. The number of aromatic carboxylic acids is 1.